The van der Waals surface area contributed by atoms with Gasteiger partial charge in [0.05, 0.1) is 5.41 Å². The van der Waals surface area contributed by atoms with Gasteiger partial charge in [0, 0.05) is 13.2 Å². The van der Waals surface area contributed by atoms with Crippen LogP contribution in [0.5, 0.6) is 0 Å². The van der Waals surface area contributed by atoms with Crippen molar-refractivity contribution in [3.05, 3.63) is 54.0 Å². The Labute approximate surface area is 114 Å². The molecule has 0 aliphatic heterocycles. The lowest BCUT2D eigenvalue weighted by atomic mass is 9.78. The summed E-state index contributed by atoms with van der Waals surface area (Å²) in [4.78, 5) is 9.27. The zero-order valence-electron chi connectivity index (χ0n) is 11.3. The Balaban J connectivity index is 2.10. The predicted molar refractivity (Wildman–Crippen MR) is 77.3 cm³/mol. The molecule has 0 unspecified atom stereocenters. The second-order valence-electron chi connectivity index (χ2n) is 5.17. The lowest BCUT2D eigenvalue weighted by Gasteiger charge is -2.28. The van der Waals surface area contributed by atoms with E-state index in [9.17, 15) is 0 Å². The maximum atomic E-state index is 4.70. The zero-order chi connectivity index (χ0) is 13.1. The van der Waals surface area contributed by atoms with Crippen LogP contribution in [0.3, 0.4) is 0 Å². The van der Waals surface area contributed by atoms with Crippen molar-refractivity contribution in [2.45, 2.75) is 31.1 Å². The average Bonchev–Trinajstić information content (AvgIpc) is 2.99. The fourth-order valence-corrected chi connectivity index (χ4v) is 3.11. The Morgan fingerprint density at radius 3 is 2.47 bits per heavy atom. The number of rotatable bonds is 3. The molecule has 1 fully saturated rings. The third kappa shape index (κ3) is 2.09. The van der Waals surface area contributed by atoms with Crippen LogP contribution in [0.2, 0.25) is 0 Å². The molecule has 0 radical (unpaired) electrons. The Bertz CT molecular complexity index is 545. The van der Waals surface area contributed by atoms with E-state index in [2.05, 4.69) is 40.6 Å². The van der Waals surface area contributed by atoms with Crippen LogP contribution in [0, 0.1) is 0 Å². The van der Waals surface area contributed by atoms with Gasteiger partial charge >= 0.3 is 0 Å². The van der Waals surface area contributed by atoms with Crippen molar-refractivity contribution in [1.29, 1.82) is 0 Å². The van der Waals surface area contributed by atoms with Crippen LogP contribution in [0.1, 0.15) is 37.1 Å². The highest BCUT2D eigenvalue weighted by Gasteiger charge is 2.39. The van der Waals surface area contributed by atoms with E-state index in [1.807, 2.05) is 19.3 Å². The van der Waals surface area contributed by atoms with Crippen molar-refractivity contribution < 1.29 is 0 Å². The summed E-state index contributed by atoms with van der Waals surface area (Å²) in [6.45, 7) is 0. The third-order valence-corrected chi connectivity index (χ3v) is 4.12. The molecule has 0 saturated heterocycles. The summed E-state index contributed by atoms with van der Waals surface area (Å²) in [6.07, 6.45) is 6.65. The van der Waals surface area contributed by atoms with Gasteiger partial charge in [0.15, 0.2) is 0 Å². The lowest BCUT2D eigenvalue weighted by Crippen LogP contribution is -2.26. The highest BCUT2D eigenvalue weighted by molar-refractivity contribution is 5.38. The fraction of sp³-hybridized carbons (Fsp3) is 0.375. The van der Waals surface area contributed by atoms with Gasteiger partial charge in [-0.1, -0.05) is 43.2 Å². The number of hydrogen-bond acceptors (Lipinski definition) is 3. The van der Waals surface area contributed by atoms with E-state index >= 15 is 0 Å². The third-order valence-electron chi connectivity index (χ3n) is 4.12. The Hall–Kier alpha value is -1.90. The minimum atomic E-state index is 0.00806. The minimum Gasteiger partial charge on any atom is -0.373 e. The monoisotopic (exact) mass is 253 g/mol. The smallest absolute Gasteiger partial charge is 0.141 e. The Morgan fingerprint density at radius 1 is 1.05 bits per heavy atom. The summed E-state index contributed by atoms with van der Waals surface area (Å²) in [7, 11) is 1.90. The summed E-state index contributed by atoms with van der Waals surface area (Å²) < 4.78 is 0. The molecule has 3 nitrogen and oxygen atoms in total. The van der Waals surface area contributed by atoms with Crippen molar-refractivity contribution in [2.75, 3.05) is 12.4 Å². The van der Waals surface area contributed by atoms with Crippen LogP contribution in [0.15, 0.2) is 42.6 Å². The molecule has 1 saturated carbocycles. The zero-order valence-corrected chi connectivity index (χ0v) is 11.3. The summed E-state index contributed by atoms with van der Waals surface area (Å²) in [5.74, 6) is 1.86. The van der Waals surface area contributed by atoms with Crippen LogP contribution in [-0.4, -0.2) is 17.0 Å². The lowest BCUT2D eigenvalue weighted by molar-refractivity contribution is 0.500. The number of aromatic nitrogens is 2. The molecule has 0 bridgehead atoms. The van der Waals surface area contributed by atoms with Gasteiger partial charge < -0.3 is 5.32 Å². The molecule has 0 amide bonds. The normalized spacial score (nSPS) is 17.3. The van der Waals surface area contributed by atoms with E-state index in [-0.39, 0.29) is 5.41 Å². The molecule has 3 heteroatoms. The molecule has 2 aromatic rings. The molecule has 1 aliphatic rings. The fourth-order valence-electron chi connectivity index (χ4n) is 3.11. The van der Waals surface area contributed by atoms with Crippen molar-refractivity contribution in [1.82, 2.24) is 9.97 Å². The molecular weight excluding hydrogens is 234 g/mol. The summed E-state index contributed by atoms with van der Waals surface area (Å²) in [5.41, 5.74) is 1.36. The van der Waals surface area contributed by atoms with Crippen LogP contribution in [-0.2, 0) is 5.41 Å². The minimum absolute atomic E-state index is 0.00806. The molecule has 98 valence electrons. The van der Waals surface area contributed by atoms with Crippen molar-refractivity contribution in [3.63, 3.8) is 0 Å². The van der Waals surface area contributed by atoms with Gasteiger partial charge in [0.25, 0.3) is 0 Å². The average molecular weight is 253 g/mol. The molecular formula is C16H19N3. The molecule has 19 heavy (non-hydrogen) atoms. The van der Waals surface area contributed by atoms with Crippen LogP contribution in [0.4, 0.5) is 5.82 Å². The summed E-state index contributed by atoms with van der Waals surface area (Å²) >= 11 is 0. The highest BCUT2D eigenvalue weighted by atomic mass is 15.0. The Kier molecular flexibility index (Phi) is 3.20. The van der Waals surface area contributed by atoms with Gasteiger partial charge in [-0.25, -0.2) is 9.97 Å². The van der Waals surface area contributed by atoms with E-state index < -0.39 is 0 Å². The predicted octanol–water partition coefficient (Wildman–Crippen LogP) is 3.38. The topological polar surface area (TPSA) is 37.8 Å². The SMILES string of the molecule is CNc1ccnc(C2(c3ccccc3)CCCC2)n1. The van der Waals surface area contributed by atoms with Gasteiger partial charge in [-0.2, -0.15) is 0 Å². The first-order chi connectivity index (χ1) is 9.35. The first kappa shape index (κ1) is 12.2. The van der Waals surface area contributed by atoms with E-state index in [0.29, 0.717) is 0 Å². The second-order valence-corrected chi connectivity index (χ2v) is 5.17. The molecule has 1 heterocycles. The molecule has 1 aliphatic carbocycles. The maximum Gasteiger partial charge on any atom is 0.141 e. The van der Waals surface area contributed by atoms with Crippen LogP contribution < -0.4 is 5.32 Å². The molecule has 1 N–H and O–H groups in total. The van der Waals surface area contributed by atoms with Crippen molar-refractivity contribution in [2.24, 2.45) is 0 Å². The molecule has 0 spiro atoms. The van der Waals surface area contributed by atoms with Crippen molar-refractivity contribution >= 4 is 5.82 Å². The highest BCUT2D eigenvalue weighted by Crippen LogP contribution is 2.44. The van der Waals surface area contributed by atoms with Crippen molar-refractivity contribution in [3.8, 4) is 0 Å². The van der Waals surface area contributed by atoms with E-state index in [1.165, 1.54) is 18.4 Å². The standard InChI is InChI=1S/C16H19N3/c1-17-14-9-12-18-15(19-14)16(10-5-6-11-16)13-7-3-2-4-8-13/h2-4,7-9,12H,5-6,10-11H2,1H3,(H,17,18,19). The number of anilines is 1. The van der Waals surface area contributed by atoms with Gasteiger partial charge in [0.1, 0.15) is 11.6 Å². The van der Waals surface area contributed by atoms with Gasteiger partial charge in [0.2, 0.25) is 0 Å². The summed E-state index contributed by atoms with van der Waals surface area (Å²) in [5, 5.41) is 3.11. The van der Waals surface area contributed by atoms with E-state index in [0.717, 1.165) is 24.5 Å². The first-order valence-corrected chi connectivity index (χ1v) is 6.92. The number of nitrogens with zero attached hydrogens (tertiary/aromatic N) is 2. The molecule has 0 atom stereocenters. The largest absolute Gasteiger partial charge is 0.373 e. The van der Waals surface area contributed by atoms with Crippen LogP contribution >= 0.6 is 0 Å². The van der Waals surface area contributed by atoms with Gasteiger partial charge in [-0.3, -0.25) is 0 Å². The van der Waals surface area contributed by atoms with Gasteiger partial charge in [-0.05, 0) is 24.5 Å². The maximum absolute atomic E-state index is 4.70. The quantitative estimate of drug-likeness (QED) is 0.911. The second kappa shape index (κ2) is 5.00. The number of nitrogens with one attached hydrogen (secondary N) is 1. The van der Waals surface area contributed by atoms with E-state index in [4.69, 9.17) is 4.98 Å². The number of benzene rings is 1. The number of hydrogen-bond donors (Lipinski definition) is 1. The molecule has 1 aromatic heterocycles. The summed E-state index contributed by atoms with van der Waals surface area (Å²) in [6, 6.07) is 12.6. The molecule has 1 aromatic carbocycles. The first-order valence-electron chi connectivity index (χ1n) is 6.92. The van der Waals surface area contributed by atoms with Crippen LogP contribution in [0.25, 0.3) is 0 Å². The molecule has 3 rings (SSSR count). The van der Waals surface area contributed by atoms with Gasteiger partial charge in [-0.15, -0.1) is 0 Å². The Morgan fingerprint density at radius 2 is 1.79 bits per heavy atom. The van der Waals surface area contributed by atoms with E-state index in [1.54, 1.807) is 0 Å².